The molecule has 3 rings (SSSR count). The van der Waals surface area contributed by atoms with E-state index >= 15 is 0 Å². The summed E-state index contributed by atoms with van der Waals surface area (Å²) in [5, 5.41) is 3.06. The average Bonchev–Trinajstić information content (AvgIpc) is 2.76. The first-order valence-electron chi connectivity index (χ1n) is 11.0. The van der Waals surface area contributed by atoms with Gasteiger partial charge in [-0.2, -0.15) is 0 Å². The second-order valence-corrected chi connectivity index (χ2v) is 8.45. The lowest BCUT2D eigenvalue weighted by Crippen LogP contribution is -2.36. The fourth-order valence-corrected chi connectivity index (χ4v) is 3.94. The minimum atomic E-state index is -0.291. The van der Waals surface area contributed by atoms with E-state index in [1.165, 1.54) is 23.3 Å². The predicted molar refractivity (Wildman–Crippen MR) is 120 cm³/mol. The second-order valence-electron chi connectivity index (χ2n) is 8.45. The minimum absolute atomic E-state index is 0.0788. The molecule has 2 aromatic rings. The van der Waals surface area contributed by atoms with Crippen LogP contribution in [0.3, 0.4) is 0 Å². The molecule has 1 unspecified atom stereocenters. The fourth-order valence-electron chi connectivity index (χ4n) is 3.94. The molecule has 0 saturated carbocycles. The summed E-state index contributed by atoms with van der Waals surface area (Å²) >= 11 is 0. The van der Waals surface area contributed by atoms with Crippen molar-refractivity contribution in [1.82, 2.24) is 15.1 Å². The SMILES string of the molecule is CN(C)CCC(NC(=O)CCCC(=O)N1CCc2ccccc2C1)c1ccc(F)cc1. The molecule has 2 amide bonds. The summed E-state index contributed by atoms with van der Waals surface area (Å²) in [5.74, 6) is -0.268. The van der Waals surface area contributed by atoms with Gasteiger partial charge in [0, 0.05) is 25.9 Å². The average molecular weight is 426 g/mol. The molecule has 1 atom stereocenters. The van der Waals surface area contributed by atoms with E-state index in [-0.39, 0.29) is 23.7 Å². The van der Waals surface area contributed by atoms with Crippen LogP contribution in [0.5, 0.6) is 0 Å². The van der Waals surface area contributed by atoms with Crippen LogP contribution in [0.2, 0.25) is 0 Å². The van der Waals surface area contributed by atoms with E-state index in [1.54, 1.807) is 12.1 Å². The molecule has 0 radical (unpaired) electrons. The number of rotatable bonds is 9. The van der Waals surface area contributed by atoms with Gasteiger partial charge in [-0.15, -0.1) is 0 Å². The highest BCUT2D eigenvalue weighted by Gasteiger charge is 2.21. The third kappa shape index (κ3) is 6.89. The molecule has 0 bridgehead atoms. The molecule has 0 aromatic heterocycles. The van der Waals surface area contributed by atoms with Crippen LogP contribution in [-0.2, 0) is 22.6 Å². The van der Waals surface area contributed by atoms with Crippen molar-refractivity contribution in [3.8, 4) is 0 Å². The topological polar surface area (TPSA) is 52.7 Å². The quantitative estimate of drug-likeness (QED) is 0.667. The van der Waals surface area contributed by atoms with E-state index in [0.717, 1.165) is 31.5 Å². The lowest BCUT2D eigenvalue weighted by Gasteiger charge is -2.29. The standard InChI is InChI=1S/C25H32FN3O2/c1-28(2)16-15-23(20-10-12-22(26)13-11-20)27-24(30)8-5-9-25(31)29-17-14-19-6-3-4-7-21(19)18-29/h3-4,6-7,10-13,23H,5,8-9,14-18H2,1-2H3,(H,27,30). The Labute approximate surface area is 184 Å². The zero-order valence-corrected chi connectivity index (χ0v) is 18.4. The Kier molecular flexibility index (Phi) is 8.18. The van der Waals surface area contributed by atoms with Gasteiger partial charge in [-0.3, -0.25) is 9.59 Å². The number of nitrogens with zero attached hydrogens (tertiary/aromatic N) is 2. The predicted octanol–water partition coefficient (Wildman–Crippen LogP) is 3.69. The maximum atomic E-state index is 13.3. The molecule has 31 heavy (non-hydrogen) atoms. The lowest BCUT2D eigenvalue weighted by molar-refractivity contribution is -0.132. The van der Waals surface area contributed by atoms with Gasteiger partial charge in [-0.1, -0.05) is 36.4 Å². The van der Waals surface area contributed by atoms with E-state index in [0.29, 0.717) is 25.8 Å². The number of carbonyl (C=O) groups excluding carboxylic acids is 2. The molecule has 1 N–H and O–H groups in total. The van der Waals surface area contributed by atoms with E-state index in [4.69, 9.17) is 0 Å². The Bertz CT molecular complexity index is 883. The van der Waals surface area contributed by atoms with Gasteiger partial charge in [0.25, 0.3) is 0 Å². The van der Waals surface area contributed by atoms with Crippen LogP contribution in [0.25, 0.3) is 0 Å². The highest BCUT2D eigenvalue weighted by Crippen LogP contribution is 2.20. The molecule has 166 valence electrons. The van der Waals surface area contributed by atoms with Crippen molar-refractivity contribution >= 4 is 11.8 Å². The van der Waals surface area contributed by atoms with Gasteiger partial charge in [0.1, 0.15) is 5.82 Å². The largest absolute Gasteiger partial charge is 0.349 e. The highest BCUT2D eigenvalue weighted by molar-refractivity contribution is 5.79. The summed E-state index contributed by atoms with van der Waals surface area (Å²) in [5.41, 5.74) is 3.41. The van der Waals surface area contributed by atoms with Crippen LogP contribution in [-0.4, -0.2) is 48.8 Å². The smallest absolute Gasteiger partial charge is 0.222 e. The van der Waals surface area contributed by atoms with Gasteiger partial charge in [0.15, 0.2) is 0 Å². The Morgan fingerprint density at radius 1 is 1.06 bits per heavy atom. The molecule has 1 aliphatic heterocycles. The van der Waals surface area contributed by atoms with E-state index < -0.39 is 0 Å². The highest BCUT2D eigenvalue weighted by atomic mass is 19.1. The number of carbonyl (C=O) groups is 2. The van der Waals surface area contributed by atoms with Crippen LogP contribution in [0.15, 0.2) is 48.5 Å². The van der Waals surface area contributed by atoms with Crippen LogP contribution < -0.4 is 5.32 Å². The molecule has 0 aliphatic carbocycles. The molecule has 5 nitrogen and oxygen atoms in total. The van der Waals surface area contributed by atoms with Gasteiger partial charge in [0.2, 0.25) is 11.8 Å². The van der Waals surface area contributed by atoms with E-state index in [9.17, 15) is 14.0 Å². The van der Waals surface area contributed by atoms with Crippen LogP contribution in [0.4, 0.5) is 4.39 Å². The van der Waals surface area contributed by atoms with Crippen LogP contribution in [0, 0.1) is 5.82 Å². The van der Waals surface area contributed by atoms with Crippen LogP contribution in [0.1, 0.15) is 48.4 Å². The van der Waals surface area contributed by atoms with Gasteiger partial charge >= 0.3 is 0 Å². The van der Waals surface area contributed by atoms with Crippen molar-refractivity contribution in [3.63, 3.8) is 0 Å². The molecule has 1 aliphatic rings. The van der Waals surface area contributed by atoms with Crippen molar-refractivity contribution in [1.29, 1.82) is 0 Å². The molecule has 1 heterocycles. The van der Waals surface area contributed by atoms with Crippen molar-refractivity contribution in [3.05, 3.63) is 71.0 Å². The molecule has 0 fully saturated rings. The van der Waals surface area contributed by atoms with Gasteiger partial charge in [-0.05, 0) is 68.7 Å². The Hall–Kier alpha value is -2.73. The fraction of sp³-hybridized carbons (Fsp3) is 0.440. The maximum Gasteiger partial charge on any atom is 0.222 e. The van der Waals surface area contributed by atoms with Crippen molar-refractivity contribution in [2.24, 2.45) is 0 Å². The summed E-state index contributed by atoms with van der Waals surface area (Å²) in [4.78, 5) is 29.1. The molecule has 6 heteroatoms. The lowest BCUT2D eigenvalue weighted by atomic mass is 9.99. The summed E-state index contributed by atoms with van der Waals surface area (Å²) in [7, 11) is 3.96. The number of hydrogen-bond donors (Lipinski definition) is 1. The molecule has 0 spiro atoms. The second kappa shape index (κ2) is 11.0. The zero-order valence-electron chi connectivity index (χ0n) is 18.4. The monoisotopic (exact) mass is 425 g/mol. The number of hydrogen-bond acceptors (Lipinski definition) is 3. The molecular weight excluding hydrogens is 393 g/mol. The minimum Gasteiger partial charge on any atom is -0.349 e. The van der Waals surface area contributed by atoms with Gasteiger partial charge < -0.3 is 15.1 Å². The van der Waals surface area contributed by atoms with Gasteiger partial charge in [0.05, 0.1) is 6.04 Å². The number of amides is 2. The number of halogens is 1. The summed E-state index contributed by atoms with van der Waals surface area (Å²) in [6, 6.07) is 14.3. The van der Waals surface area contributed by atoms with Crippen molar-refractivity contribution in [2.75, 3.05) is 27.2 Å². The Morgan fingerprint density at radius 2 is 1.77 bits per heavy atom. The number of nitrogens with one attached hydrogen (secondary N) is 1. The summed E-state index contributed by atoms with van der Waals surface area (Å²) in [6.45, 7) is 2.19. The molecule has 2 aromatic carbocycles. The number of benzene rings is 2. The first kappa shape index (κ1) is 22.9. The van der Waals surface area contributed by atoms with Crippen molar-refractivity contribution in [2.45, 2.75) is 44.7 Å². The molecular formula is C25H32FN3O2. The normalized spacial score (nSPS) is 14.3. The zero-order chi connectivity index (χ0) is 22.2. The van der Waals surface area contributed by atoms with E-state index in [1.807, 2.05) is 31.1 Å². The molecule has 0 saturated heterocycles. The number of fused-ring (bicyclic) bond motifs is 1. The maximum absolute atomic E-state index is 13.3. The first-order valence-corrected chi connectivity index (χ1v) is 11.0. The summed E-state index contributed by atoms with van der Waals surface area (Å²) < 4.78 is 13.3. The Balaban J connectivity index is 1.47. The third-order valence-corrected chi connectivity index (χ3v) is 5.75. The first-order chi connectivity index (χ1) is 14.9. The van der Waals surface area contributed by atoms with Gasteiger partial charge in [-0.25, -0.2) is 4.39 Å². The van der Waals surface area contributed by atoms with E-state index in [2.05, 4.69) is 22.3 Å². The van der Waals surface area contributed by atoms with Crippen molar-refractivity contribution < 1.29 is 14.0 Å². The summed E-state index contributed by atoms with van der Waals surface area (Å²) in [6.07, 6.45) is 2.81. The third-order valence-electron chi connectivity index (χ3n) is 5.75. The Morgan fingerprint density at radius 3 is 2.48 bits per heavy atom. The van der Waals surface area contributed by atoms with Crippen LogP contribution >= 0.6 is 0 Å².